The second kappa shape index (κ2) is 5.40. The molecule has 0 aliphatic heterocycles. The van der Waals surface area contributed by atoms with Gasteiger partial charge in [-0.05, 0) is 37.8 Å². The third-order valence-corrected chi connectivity index (χ3v) is 3.32. The summed E-state index contributed by atoms with van der Waals surface area (Å²) in [5.41, 5.74) is 3.79. The van der Waals surface area contributed by atoms with Gasteiger partial charge in [0, 0.05) is 5.56 Å². The van der Waals surface area contributed by atoms with Crippen molar-refractivity contribution >= 4 is 17.7 Å². The van der Waals surface area contributed by atoms with Crippen LogP contribution >= 0.6 is 11.8 Å². The van der Waals surface area contributed by atoms with Gasteiger partial charge in [-0.25, -0.2) is 14.8 Å². The molecule has 1 N–H and O–H groups in total. The van der Waals surface area contributed by atoms with Crippen LogP contribution in [-0.4, -0.2) is 27.3 Å². The van der Waals surface area contributed by atoms with Gasteiger partial charge in [0.15, 0.2) is 10.9 Å². The summed E-state index contributed by atoms with van der Waals surface area (Å²) in [4.78, 5) is 19.5. The van der Waals surface area contributed by atoms with Crippen LogP contribution < -0.4 is 0 Å². The zero-order valence-electron chi connectivity index (χ0n) is 11.0. The first-order chi connectivity index (χ1) is 9.01. The number of carboxylic acids is 1. The number of thioether (sulfide) groups is 1. The molecule has 0 unspecified atom stereocenters. The maximum Gasteiger partial charge on any atom is 0.354 e. The fraction of sp³-hybridized carbons (Fsp3) is 0.214. The van der Waals surface area contributed by atoms with Gasteiger partial charge in [0.25, 0.3) is 0 Å². The lowest BCUT2D eigenvalue weighted by atomic mass is 10.0. The predicted octanol–water partition coefficient (Wildman–Crippen LogP) is 3.18. The van der Waals surface area contributed by atoms with Crippen molar-refractivity contribution in [1.82, 2.24) is 9.97 Å². The van der Waals surface area contributed by atoms with Crippen molar-refractivity contribution in [2.75, 3.05) is 6.26 Å². The third kappa shape index (κ3) is 2.93. The molecule has 1 aromatic heterocycles. The number of benzene rings is 1. The lowest BCUT2D eigenvalue weighted by Gasteiger charge is -2.08. The van der Waals surface area contributed by atoms with E-state index in [1.807, 2.05) is 38.3 Å². The summed E-state index contributed by atoms with van der Waals surface area (Å²) in [6.45, 7) is 3.98. The standard InChI is InChI=1S/C14H14N2O2S/c1-8-4-5-9(2)10(6-8)11-7-12(13(17)18)16-14(15-11)19-3/h4-7H,1-3H3,(H,17,18). The first-order valence-electron chi connectivity index (χ1n) is 5.75. The normalized spacial score (nSPS) is 10.5. The van der Waals surface area contributed by atoms with Gasteiger partial charge >= 0.3 is 5.97 Å². The molecule has 5 heteroatoms. The lowest BCUT2D eigenvalue weighted by Crippen LogP contribution is -2.04. The Balaban J connectivity index is 2.64. The Labute approximate surface area is 115 Å². The zero-order chi connectivity index (χ0) is 14.0. The molecular formula is C14H14N2O2S. The number of carboxylic acid groups (broad SMARTS) is 1. The van der Waals surface area contributed by atoms with Crippen LogP contribution in [0.5, 0.6) is 0 Å². The van der Waals surface area contributed by atoms with Crippen molar-refractivity contribution in [2.24, 2.45) is 0 Å². The number of aromatic nitrogens is 2. The molecule has 0 radical (unpaired) electrons. The maximum absolute atomic E-state index is 11.1. The van der Waals surface area contributed by atoms with Crippen LogP contribution in [0.1, 0.15) is 21.6 Å². The van der Waals surface area contributed by atoms with Crippen LogP contribution in [-0.2, 0) is 0 Å². The van der Waals surface area contributed by atoms with Crippen LogP contribution in [0.15, 0.2) is 29.4 Å². The van der Waals surface area contributed by atoms with Crippen LogP contribution in [0.3, 0.4) is 0 Å². The van der Waals surface area contributed by atoms with Gasteiger partial charge in [-0.3, -0.25) is 0 Å². The van der Waals surface area contributed by atoms with Crippen molar-refractivity contribution in [2.45, 2.75) is 19.0 Å². The van der Waals surface area contributed by atoms with E-state index in [0.717, 1.165) is 16.7 Å². The zero-order valence-corrected chi connectivity index (χ0v) is 11.8. The van der Waals surface area contributed by atoms with Crippen molar-refractivity contribution in [3.63, 3.8) is 0 Å². The largest absolute Gasteiger partial charge is 0.477 e. The fourth-order valence-electron chi connectivity index (χ4n) is 1.78. The Kier molecular flexibility index (Phi) is 3.85. The van der Waals surface area contributed by atoms with Gasteiger partial charge in [-0.15, -0.1) is 0 Å². The Morgan fingerprint density at radius 2 is 1.95 bits per heavy atom. The number of hydrogen-bond donors (Lipinski definition) is 1. The van der Waals surface area contributed by atoms with Crippen LogP contribution in [0.25, 0.3) is 11.3 Å². The Morgan fingerprint density at radius 1 is 1.21 bits per heavy atom. The van der Waals surface area contributed by atoms with Gasteiger partial charge in [0.1, 0.15) is 0 Å². The quantitative estimate of drug-likeness (QED) is 0.688. The van der Waals surface area contributed by atoms with E-state index in [2.05, 4.69) is 9.97 Å². The topological polar surface area (TPSA) is 63.1 Å². The molecule has 0 saturated heterocycles. The average Bonchev–Trinajstić information content (AvgIpc) is 2.40. The maximum atomic E-state index is 11.1. The third-order valence-electron chi connectivity index (χ3n) is 2.78. The first-order valence-corrected chi connectivity index (χ1v) is 6.97. The van der Waals surface area contributed by atoms with E-state index in [-0.39, 0.29) is 5.69 Å². The van der Waals surface area contributed by atoms with Gasteiger partial charge < -0.3 is 5.11 Å². The molecule has 1 aromatic carbocycles. The van der Waals surface area contributed by atoms with E-state index in [1.165, 1.54) is 17.8 Å². The Bertz CT molecular complexity index is 641. The molecule has 2 rings (SSSR count). The minimum atomic E-state index is -1.04. The highest BCUT2D eigenvalue weighted by molar-refractivity contribution is 7.98. The summed E-state index contributed by atoms with van der Waals surface area (Å²) in [6, 6.07) is 7.55. The highest BCUT2D eigenvalue weighted by atomic mass is 32.2. The molecule has 4 nitrogen and oxygen atoms in total. The van der Waals surface area contributed by atoms with E-state index in [0.29, 0.717) is 10.9 Å². The minimum Gasteiger partial charge on any atom is -0.477 e. The molecule has 0 saturated carbocycles. The summed E-state index contributed by atoms with van der Waals surface area (Å²) in [6.07, 6.45) is 1.83. The fourth-order valence-corrected chi connectivity index (χ4v) is 2.16. The summed E-state index contributed by atoms with van der Waals surface area (Å²) in [5.74, 6) is -1.04. The molecular weight excluding hydrogens is 260 g/mol. The van der Waals surface area contributed by atoms with Crippen molar-refractivity contribution in [1.29, 1.82) is 0 Å². The molecule has 0 aliphatic carbocycles. The number of carbonyl (C=O) groups is 1. The Morgan fingerprint density at radius 3 is 2.58 bits per heavy atom. The van der Waals surface area contributed by atoms with Gasteiger partial charge in [-0.1, -0.05) is 29.5 Å². The molecule has 0 atom stereocenters. The van der Waals surface area contributed by atoms with Gasteiger partial charge in [0.2, 0.25) is 0 Å². The van der Waals surface area contributed by atoms with E-state index in [4.69, 9.17) is 5.11 Å². The summed E-state index contributed by atoms with van der Waals surface area (Å²) >= 11 is 1.33. The minimum absolute atomic E-state index is 0.0234. The van der Waals surface area contributed by atoms with E-state index >= 15 is 0 Å². The highest BCUT2D eigenvalue weighted by Crippen LogP contribution is 2.25. The second-order valence-electron chi connectivity index (χ2n) is 4.25. The smallest absolute Gasteiger partial charge is 0.354 e. The lowest BCUT2D eigenvalue weighted by molar-refractivity contribution is 0.0689. The Hall–Kier alpha value is -1.88. The van der Waals surface area contributed by atoms with Crippen molar-refractivity contribution < 1.29 is 9.90 Å². The van der Waals surface area contributed by atoms with Crippen molar-refractivity contribution in [3.8, 4) is 11.3 Å². The molecule has 98 valence electrons. The van der Waals surface area contributed by atoms with Crippen LogP contribution in [0, 0.1) is 13.8 Å². The summed E-state index contributed by atoms with van der Waals surface area (Å²) < 4.78 is 0. The van der Waals surface area contributed by atoms with E-state index in [1.54, 1.807) is 0 Å². The summed E-state index contributed by atoms with van der Waals surface area (Å²) in [5, 5.41) is 9.57. The van der Waals surface area contributed by atoms with Crippen LogP contribution in [0.4, 0.5) is 0 Å². The number of aromatic carboxylic acids is 1. The number of aryl methyl sites for hydroxylation is 2. The average molecular weight is 274 g/mol. The number of hydrogen-bond acceptors (Lipinski definition) is 4. The molecule has 0 bridgehead atoms. The predicted molar refractivity (Wildman–Crippen MR) is 75.7 cm³/mol. The van der Waals surface area contributed by atoms with E-state index < -0.39 is 5.97 Å². The first kappa shape index (κ1) is 13.5. The highest BCUT2D eigenvalue weighted by Gasteiger charge is 2.12. The van der Waals surface area contributed by atoms with Crippen molar-refractivity contribution in [3.05, 3.63) is 41.1 Å². The summed E-state index contributed by atoms with van der Waals surface area (Å²) in [7, 11) is 0. The van der Waals surface area contributed by atoms with Gasteiger partial charge in [-0.2, -0.15) is 0 Å². The molecule has 0 fully saturated rings. The van der Waals surface area contributed by atoms with Gasteiger partial charge in [0.05, 0.1) is 5.69 Å². The number of nitrogens with zero attached hydrogens (tertiary/aromatic N) is 2. The molecule has 0 aliphatic rings. The second-order valence-corrected chi connectivity index (χ2v) is 5.02. The number of rotatable bonds is 3. The molecule has 2 aromatic rings. The SMILES string of the molecule is CSc1nc(C(=O)O)cc(-c2cc(C)ccc2C)n1. The van der Waals surface area contributed by atoms with Crippen LogP contribution in [0.2, 0.25) is 0 Å². The molecule has 1 heterocycles. The molecule has 0 spiro atoms. The molecule has 19 heavy (non-hydrogen) atoms. The monoisotopic (exact) mass is 274 g/mol. The van der Waals surface area contributed by atoms with E-state index in [9.17, 15) is 4.79 Å². The molecule has 0 amide bonds.